The lowest BCUT2D eigenvalue weighted by Crippen LogP contribution is -2.47. The van der Waals surface area contributed by atoms with Gasteiger partial charge in [-0.25, -0.2) is 4.79 Å². The molecule has 3 rings (SSSR count). The van der Waals surface area contributed by atoms with Gasteiger partial charge in [0.25, 0.3) is 0 Å². The molecule has 0 aliphatic carbocycles. The molecule has 2 heterocycles. The average Bonchev–Trinajstić information content (AvgIpc) is 2.56. The highest BCUT2D eigenvalue weighted by Crippen LogP contribution is 2.31. The first-order valence-electron chi connectivity index (χ1n) is 7.68. The number of fused-ring (bicyclic) bond motifs is 1. The van der Waals surface area contributed by atoms with Gasteiger partial charge in [0.05, 0.1) is 12.0 Å². The van der Waals surface area contributed by atoms with Gasteiger partial charge in [-0.1, -0.05) is 0 Å². The van der Waals surface area contributed by atoms with Crippen molar-refractivity contribution >= 4 is 35.0 Å². The molecule has 0 atom stereocenters. The highest BCUT2D eigenvalue weighted by Gasteiger charge is 2.39. The Bertz CT molecular complexity index is 763. The fraction of sp³-hybridized carbons (Fsp3) is 0.412. The Hall–Kier alpha value is -1.89. The summed E-state index contributed by atoms with van der Waals surface area (Å²) in [6.07, 6.45) is 1.49. The summed E-state index contributed by atoms with van der Waals surface area (Å²) in [5, 5.41) is 7.02. The zero-order valence-electron chi connectivity index (χ0n) is 13.5. The smallest absolute Gasteiger partial charge is 0.336 e. The van der Waals surface area contributed by atoms with E-state index in [2.05, 4.69) is 10.6 Å². The fourth-order valence-electron chi connectivity index (χ4n) is 3.03. The molecule has 1 aliphatic heterocycles. The van der Waals surface area contributed by atoms with Crippen LogP contribution in [-0.2, 0) is 9.53 Å². The van der Waals surface area contributed by atoms with Gasteiger partial charge in [0.2, 0.25) is 5.91 Å². The van der Waals surface area contributed by atoms with Crippen LogP contribution in [0.4, 0.5) is 5.69 Å². The lowest BCUT2D eigenvalue weighted by Gasteiger charge is -2.35. The third-order valence-electron chi connectivity index (χ3n) is 4.34. The van der Waals surface area contributed by atoms with Gasteiger partial charge >= 0.3 is 5.63 Å². The van der Waals surface area contributed by atoms with Gasteiger partial charge in [-0.3, -0.25) is 4.79 Å². The molecular weight excluding hydrogens is 332 g/mol. The van der Waals surface area contributed by atoms with Crippen LogP contribution in [0.3, 0.4) is 0 Å². The van der Waals surface area contributed by atoms with E-state index >= 15 is 0 Å². The molecule has 6 nitrogen and oxygen atoms in total. The number of halogens is 1. The van der Waals surface area contributed by atoms with E-state index in [1.54, 1.807) is 31.4 Å². The minimum atomic E-state index is -0.502. The zero-order valence-corrected chi connectivity index (χ0v) is 14.3. The number of rotatable bonds is 4. The summed E-state index contributed by atoms with van der Waals surface area (Å²) in [5.41, 5.74) is 0.301. The maximum absolute atomic E-state index is 12.8. The molecule has 1 aromatic carbocycles. The Morgan fingerprint density at radius 2 is 2.04 bits per heavy atom. The van der Waals surface area contributed by atoms with Crippen LogP contribution in [0.25, 0.3) is 11.0 Å². The van der Waals surface area contributed by atoms with Crippen LogP contribution in [0.5, 0.6) is 0 Å². The van der Waals surface area contributed by atoms with E-state index in [0.717, 1.165) is 31.3 Å². The quantitative estimate of drug-likeness (QED) is 0.824. The normalized spacial score (nSPS) is 16.4. The monoisotopic (exact) mass is 352 g/mol. The van der Waals surface area contributed by atoms with Crippen molar-refractivity contribution in [3.63, 3.8) is 0 Å². The summed E-state index contributed by atoms with van der Waals surface area (Å²) >= 11 is 0. The number of hydrogen-bond donors (Lipinski definition) is 2. The summed E-state index contributed by atoms with van der Waals surface area (Å²) in [7, 11) is 1.62. The van der Waals surface area contributed by atoms with E-state index < -0.39 is 5.41 Å². The standard InChI is InChI=1S/C17H20N2O4.ClH/c1-22-11-17(6-8-18-9-7-17)16(21)19-13-3-4-14-12(10-13)2-5-15(20)23-14;/h2-5,10,18H,6-9,11H2,1H3,(H,19,21);1H. The second-order valence-electron chi connectivity index (χ2n) is 5.92. The molecule has 1 aromatic heterocycles. The SMILES string of the molecule is COCC1(C(=O)Nc2ccc3oc(=O)ccc3c2)CCNCC1.Cl. The minimum Gasteiger partial charge on any atom is -0.423 e. The maximum Gasteiger partial charge on any atom is 0.336 e. The van der Waals surface area contributed by atoms with Crippen molar-refractivity contribution in [1.82, 2.24) is 5.32 Å². The Morgan fingerprint density at radius 3 is 2.75 bits per heavy atom. The second-order valence-corrected chi connectivity index (χ2v) is 5.92. The van der Waals surface area contributed by atoms with Crippen molar-refractivity contribution in [2.24, 2.45) is 5.41 Å². The number of anilines is 1. The number of amides is 1. The predicted molar refractivity (Wildman–Crippen MR) is 94.8 cm³/mol. The fourth-order valence-corrected chi connectivity index (χ4v) is 3.03. The van der Waals surface area contributed by atoms with Crippen molar-refractivity contribution in [3.05, 3.63) is 40.8 Å². The van der Waals surface area contributed by atoms with Gasteiger partial charge in [0, 0.05) is 24.2 Å². The molecule has 0 radical (unpaired) electrons. The molecule has 24 heavy (non-hydrogen) atoms. The number of benzene rings is 1. The Balaban J connectivity index is 0.00000208. The second kappa shape index (κ2) is 7.79. The molecule has 1 amide bonds. The van der Waals surface area contributed by atoms with Crippen LogP contribution < -0.4 is 16.3 Å². The maximum atomic E-state index is 12.8. The van der Waals surface area contributed by atoms with Gasteiger partial charge in [0.15, 0.2) is 0 Å². The van der Waals surface area contributed by atoms with Crippen LogP contribution in [0, 0.1) is 5.41 Å². The first-order valence-corrected chi connectivity index (χ1v) is 7.68. The Labute approximate surface area is 146 Å². The van der Waals surface area contributed by atoms with E-state index in [1.807, 2.05) is 0 Å². The number of hydrogen-bond acceptors (Lipinski definition) is 5. The van der Waals surface area contributed by atoms with Crippen LogP contribution >= 0.6 is 12.4 Å². The summed E-state index contributed by atoms with van der Waals surface area (Å²) in [6.45, 7) is 2.02. The van der Waals surface area contributed by atoms with E-state index in [4.69, 9.17) is 9.15 Å². The van der Waals surface area contributed by atoms with Gasteiger partial charge in [-0.2, -0.15) is 0 Å². The van der Waals surface area contributed by atoms with E-state index in [-0.39, 0.29) is 23.9 Å². The first kappa shape index (κ1) is 18.4. The molecule has 1 fully saturated rings. The Morgan fingerprint density at radius 1 is 1.29 bits per heavy atom. The van der Waals surface area contributed by atoms with Gasteiger partial charge in [-0.15, -0.1) is 12.4 Å². The van der Waals surface area contributed by atoms with E-state index in [1.165, 1.54) is 6.07 Å². The first-order chi connectivity index (χ1) is 11.1. The summed E-state index contributed by atoms with van der Waals surface area (Å²) in [4.78, 5) is 24.0. The molecule has 1 aliphatic rings. The van der Waals surface area contributed by atoms with Crippen molar-refractivity contribution in [3.8, 4) is 0 Å². The van der Waals surface area contributed by atoms with E-state index in [9.17, 15) is 9.59 Å². The topological polar surface area (TPSA) is 80.6 Å². The number of methoxy groups -OCH3 is 1. The minimum absolute atomic E-state index is 0. The van der Waals surface area contributed by atoms with E-state index in [0.29, 0.717) is 17.9 Å². The summed E-state index contributed by atoms with van der Waals surface area (Å²) < 4.78 is 10.4. The molecular formula is C17H21ClN2O4. The van der Waals surface area contributed by atoms with Crippen molar-refractivity contribution in [2.45, 2.75) is 12.8 Å². The molecule has 7 heteroatoms. The van der Waals surface area contributed by atoms with Crippen LogP contribution in [-0.4, -0.2) is 32.7 Å². The summed E-state index contributed by atoms with van der Waals surface area (Å²) in [6, 6.07) is 8.29. The number of ether oxygens (including phenoxy) is 1. The van der Waals surface area contributed by atoms with Crippen molar-refractivity contribution < 1.29 is 13.9 Å². The molecule has 2 aromatic rings. The molecule has 0 spiro atoms. The molecule has 0 unspecified atom stereocenters. The highest BCUT2D eigenvalue weighted by atomic mass is 35.5. The van der Waals surface area contributed by atoms with Crippen LogP contribution in [0.2, 0.25) is 0 Å². The lowest BCUT2D eigenvalue weighted by atomic mass is 9.78. The molecule has 130 valence electrons. The molecule has 0 saturated carbocycles. The number of nitrogens with one attached hydrogen (secondary N) is 2. The van der Waals surface area contributed by atoms with Crippen LogP contribution in [0.1, 0.15) is 12.8 Å². The van der Waals surface area contributed by atoms with Gasteiger partial charge in [0.1, 0.15) is 5.58 Å². The van der Waals surface area contributed by atoms with Crippen LogP contribution in [0.15, 0.2) is 39.5 Å². The Kier molecular flexibility index (Phi) is 5.99. The third-order valence-corrected chi connectivity index (χ3v) is 4.34. The number of carbonyl (C=O) groups is 1. The van der Waals surface area contributed by atoms with Crippen molar-refractivity contribution in [2.75, 3.05) is 32.1 Å². The van der Waals surface area contributed by atoms with Crippen molar-refractivity contribution in [1.29, 1.82) is 0 Å². The van der Waals surface area contributed by atoms with Gasteiger partial charge < -0.3 is 19.8 Å². The number of carbonyl (C=O) groups excluding carboxylic acids is 1. The third kappa shape index (κ3) is 3.77. The average molecular weight is 353 g/mol. The number of piperidine rings is 1. The van der Waals surface area contributed by atoms with Gasteiger partial charge in [-0.05, 0) is 50.2 Å². The highest BCUT2D eigenvalue weighted by molar-refractivity contribution is 5.97. The molecule has 2 N–H and O–H groups in total. The summed E-state index contributed by atoms with van der Waals surface area (Å²) in [5.74, 6) is -0.0300. The largest absolute Gasteiger partial charge is 0.423 e. The lowest BCUT2D eigenvalue weighted by molar-refractivity contribution is -0.130. The zero-order chi connectivity index (χ0) is 16.3. The predicted octanol–water partition coefficient (Wildman–Crippen LogP) is 2.17. The molecule has 0 bridgehead atoms. The molecule has 1 saturated heterocycles.